The Bertz CT molecular complexity index is 994. The standard InChI is InChI=1S/C20H15ClF3N3O/c21-16-6-8-17(9-7-16)27-10-2-5-18(27)13-25-26-19(28)12-14-3-1-4-15(11-14)20(22,23)24/h1-11,13H,12H2,(H,26,28)/b25-13+. The maximum absolute atomic E-state index is 12.7. The third kappa shape index (κ3) is 5.01. The Morgan fingerprint density at radius 3 is 2.57 bits per heavy atom. The predicted octanol–water partition coefficient (Wildman–Crippen LogP) is 4.84. The first-order valence-electron chi connectivity index (χ1n) is 8.24. The van der Waals surface area contributed by atoms with Crippen LogP contribution in [0.4, 0.5) is 13.2 Å². The van der Waals surface area contributed by atoms with Gasteiger partial charge in [-0.1, -0.05) is 29.8 Å². The van der Waals surface area contributed by atoms with Gasteiger partial charge in [0.05, 0.1) is 23.9 Å². The van der Waals surface area contributed by atoms with Gasteiger partial charge in [-0.05, 0) is 48.0 Å². The lowest BCUT2D eigenvalue weighted by atomic mass is 10.1. The normalized spacial score (nSPS) is 11.7. The molecule has 0 fully saturated rings. The van der Waals surface area contributed by atoms with Crippen LogP contribution in [0.25, 0.3) is 5.69 Å². The predicted molar refractivity (Wildman–Crippen MR) is 102 cm³/mol. The summed E-state index contributed by atoms with van der Waals surface area (Å²) < 4.78 is 40.0. The zero-order valence-corrected chi connectivity index (χ0v) is 15.2. The fourth-order valence-corrected chi connectivity index (χ4v) is 2.72. The fourth-order valence-electron chi connectivity index (χ4n) is 2.59. The van der Waals surface area contributed by atoms with Crippen molar-refractivity contribution in [1.82, 2.24) is 9.99 Å². The fraction of sp³-hybridized carbons (Fsp3) is 0.100. The smallest absolute Gasteiger partial charge is 0.316 e. The minimum atomic E-state index is -4.45. The molecule has 0 radical (unpaired) electrons. The number of nitrogens with zero attached hydrogens (tertiary/aromatic N) is 2. The largest absolute Gasteiger partial charge is 0.416 e. The highest BCUT2D eigenvalue weighted by molar-refractivity contribution is 6.30. The van der Waals surface area contributed by atoms with Crippen molar-refractivity contribution in [2.75, 3.05) is 0 Å². The van der Waals surface area contributed by atoms with Gasteiger partial charge >= 0.3 is 6.18 Å². The molecule has 0 unspecified atom stereocenters. The first-order chi connectivity index (χ1) is 13.3. The van der Waals surface area contributed by atoms with Crippen molar-refractivity contribution in [2.24, 2.45) is 5.10 Å². The molecule has 0 spiro atoms. The maximum atomic E-state index is 12.7. The van der Waals surface area contributed by atoms with Crippen LogP contribution < -0.4 is 5.43 Å². The van der Waals surface area contributed by atoms with Crippen LogP contribution in [0.1, 0.15) is 16.8 Å². The third-order valence-corrected chi connectivity index (χ3v) is 4.14. The monoisotopic (exact) mass is 405 g/mol. The zero-order chi connectivity index (χ0) is 20.1. The summed E-state index contributed by atoms with van der Waals surface area (Å²) in [4.78, 5) is 12.0. The molecule has 3 rings (SSSR count). The number of carbonyl (C=O) groups excluding carboxylic acids is 1. The van der Waals surface area contributed by atoms with Crippen molar-refractivity contribution in [2.45, 2.75) is 12.6 Å². The number of nitrogens with one attached hydrogen (secondary N) is 1. The zero-order valence-electron chi connectivity index (χ0n) is 14.4. The van der Waals surface area contributed by atoms with E-state index in [9.17, 15) is 18.0 Å². The van der Waals surface area contributed by atoms with E-state index >= 15 is 0 Å². The Morgan fingerprint density at radius 1 is 1.11 bits per heavy atom. The van der Waals surface area contributed by atoms with E-state index in [1.165, 1.54) is 18.3 Å². The molecule has 0 saturated heterocycles. The van der Waals surface area contributed by atoms with Gasteiger partial charge in [-0.2, -0.15) is 18.3 Å². The number of alkyl halides is 3. The second kappa shape index (κ2) is 8.31. The van der Waals surface area contributed by atoms with Crippen molar-refractivity contribution in [3.63, 3.8) is 0 Å². The second-order valence-electron chi connectivity index (χ2n) is 5.95. The second-order valence-corrected chi connectivity index (χ2v) is 6.38. The first kappa shape index (κ1) is 19.7. The molecule has 8 heteroatoms. The van der Waals surface area contributed by atoms with E-state index in [4.69, 9.17) is 11.6 Å². The Balaban J connectivity index is 1.64. The lowest BCUT2D eigenvalue weighted by Gasteiger charge is -2.08. The van der Waals surface area contributed by atoms with Crippen molar-refractivity contribution < 1.29 is 18.0 Å². The minimum Gasteiger partial charge on any atom is -0.316 e. The lowest BCUT2D eigenvalue weighted by molar-refractivity contribution is -0.137. The van der Waals surface area contributed by atoms with E-state index in [2.05, 4.69) is 10.5 Å². The molecule has 0 aliphatic rings. The van der Waals surface area contributed by atoms with Gasteiger partial charge in [0.1, 0.15) is 0 Å². The third-order valence-electron chi connectivity index (χ3n) is 3.89. The Labute approximate surface area is 164 Å². The van der Waals surface area contributed by atoms with Gasteiger partial charge in [0.15, 0.2) is 0 Å². The first-order valence-corrected chi connectivity index (χ1v) is 8.62. The number of hydrogen-bond acceptors (Lipinski definition) is 2. The molecule has 0 saturated carbocycles. The number of benzene rings is 2. The van der Waals surface area contributed by atoms with Crippen LogP contribution in [0.5, 0.6) is 0 Å². The molecule has 2 aromatic carbocycles. The van der Waals surface area contributed by atoms with E-state index in [1.54, 1.807) is 18.2 Å². The number of rotatable bonds is 5. The van der Waals surface area contributed by atoms with Gasteiger partial charge in [0.2, 0.25) is 5.91 Å². The van der Waals surface area contributed by atoms with E-state index in [0.717, 1.165) is 17.8 Å². The van der Waals surface area contributed by atoms with Crippen LogP contribution in [0, 0.1) is 0 Å². The average Bonchev–Trinajstić information content (AvgIpc) is 3.10. The van der Waals surface area contributed by atoms with Crippen LogP contribution in [-0.2, 0) is 17.4 Å². The number of carbonyl (C=O) groups is 1. The summed E-state index contributed by atoms with van der Waals surface area (Å²) in [5.74, 6) is -0.514. The summed E-state index contributed by atoms with van der Waals surface area (Å²) in [5, 5.41) is 4.51. The Morgan fingerprint density at radius 2 is 1.86 bits per heavy atom. The molecule has 1 amide bonds. The van der Waals surface area contributed by atoms with Crippen LogP contribution >= 0.6 is 11.6 Å². The van der Waals surface area contributed by atoms with E-state index < -0.39 is 17.6 Å². The Hall–Kier alpha value is -3.06. The topological polar surface area (TPSA) is 46.4 Å². The molecule has 1 N–H and O–H groups in total. The number of halogens is 4. The minimum absolute atomic E-state index is 0.209. The van der Waals surface area contributed by atoms with E-state index in [-0.39, 0.29) is 12.0 Å². The summed E-state index contributed by atoms with van der Waals surface area (Å²) in [6, 6.07) is 15.5. The molecule has 144 valence electrons. The summed E-state index contributed by atoms with van der Waals surface area (Å²) in [6.07, 6.45) is -1.37. The summed E-state index contributed by atoms with van der Waals surface area (Å²) in [6.45, 7) is 0. The molecule has 0 atom stereocenters. The van der Waals surface area contributed by atoms with Gasteiger partial charge in [0.25, 0.3) is 0 Å². The maximum Gasteiger partial charge on any atom is 0.416 e. The van der Waals surface area contributed by atoms with Gasteiger partial charge in [0, 0.05) is 16.9 Å². The van der Waals surface area contributed by atoms with Gasteiger partial charge in [-0.3, -0.25) is 4.79 Å². The van der Waals surface area contributed by atoms with Crippen molar-refractivity contribution >= 4 is 23.7 Å². The SMILES string of the molecule is O=C(Cc1cccc(C(F)(F)F)c1)N/N=C/c1cccn1-c1ccc(Cl)cc1. The van der Waals surface area contributed by atoms with Crippen LogP contribution in [-0.4, -0.2) is 16.7 Å². The van der Waals surface area contributed by atoms with Crippen LogP contribution in [0.15, 0.2) is 72.0 Å². The summed E-state index contributed by atoms with van der Waals surface area (Å²) in [7, 11) is 0. The average molecular weight is 406 g/mol. The number of amides is 1. The van der Waals surface area contributed by atoms with Gasteiger partial charge < -0.3 is 4.57 Å². The number of aromatic nitrogens is 1. The van der Waals surface area contributed by atoms with Gasteiger partial charge in [-0.25, -0.2) is 5.43 Å². The number of hydrazone groups is 1. The summed E-state index contributed by atoms with van der Waals surface area (Å²) >= 11 is 5.89. The van der Waals surface area contributed by atoms with E-state index in [0.29, 0.717) is 10.7 Å². The number of hydrogen-bond donors (Lipinski definition) is 1. The molecule has 3 aromatic rings. The highest BCUT2D eigenvalue weighted by Crippen LogP contribution is 2.29. The highest BCUT2D eigenvalue weighted by Gasteiger charge is 2.30. The molecular weight excluding hydrogens is 391 g/mol. The van der Waals surface area contributed by atoms with E-state index in [1.807, 2.05) is 29.0 Å². The van der Waals surface area contributed by atoms with Gasteiger partial charge in [-0.15, -0.1) is 0 Å². The molecule has 0 aliphatic heterocycles. The van der Waals surface area contributed by atoms with Crippen LogP contribution in [0.2, 0.25) is 5.02 Å². The molecule has 4 nitrogen and oxygen atoms in total. The highest BCUT2D eigenvalue weighted by atomic mass is 35.5. The molecule has 1 aromatic heterocycles. The molecule has 1 heterocycles. The molecule has 0 aliphatic carbocycles. The van der Waals surface area contributed by atoms with Crippen molar-refractivity contribution in [1.29, 1.82) is 0 Å². The lowest BCUT2D eigenvalue weighted by Crippen LogP contribution is -2.20. The molecular formula is C20H15ClF3N3O. The van der Waals surface area contributed by atoms with Crippen molar-refractivity contribution in [3.05, 3.63) is 88.7 Å². The summed E-state index contributed by atoms with van der Waals surface area (Å²) in [5.41, 5.74) is 3.37. The molecule has 0 bridgehead atoms. The Kier molecular flexibility index (Phi) is 5.84. The van der Waals surface area contributed by atoms with Crippen LogP contribution in [0.3, 0.4) is 0 Å². The quantitative estimate of drug-likeness (QED) is 0.479. The van der Waals surface area contributed by atoms with Crippen molar-refractivity contribution in [3.8, 4) is 5.69 Å². The molecule has 28 heavy (non-hydrogen) atoms.